The molecule has 0 aromatic carbocycles. The minimum absolute atomic E-state index is 0.0961. The molecule has 0 saturated carbocycles. The Morgan fingerprint density at radius 2 is 1.62 bits per heavy atom. The lowest BCUT2D eigenvalue weighted by Gasteiger charge is -2.10. The highest BCUT2D eigenvalue weighted by atomic mass is 35.5. The molecule has 0 aromatic heterocycles. The normalized spacial score (nSPS) is 11.1. The monoisotopic (exact) mass is 152 g/mol. The first-order chi connectivity index (χ1) is 3.42. The van der Waals surface area contributed by atoms with Crippen molar-refractivity contribution in [2.75, 3.05) is 0 Å². The number of allylic oxidation sites excluding steroid dienone is 1. The van der Waals surface area contributed by atoms with E-state index in [1.54, 1.807) is 6.08 Å². The molecule has 0 bridgehead atoms. The maximum atomic E-state index is 5.39. The van der Waals surface area contributed by atoms with E-state index >= 15 is 0 Å². The highest BCUT2D eigenvalue weighted by molar-refractivity contribution is 6.55. The van der Waals surface area contributed by atoms with Crippen molar-refractivity contribution in [1.82, 2.24) is 0 Å². The molecule has 0 aromatic rings. The van der Waals surface area contributed by atoms with Crippen LogP contribution >= 0.6 is 23.2 Å². The average molecular weight is 153 g/mol. The molecule has 0 heterocycles. The zero-order valence-electron chi connectivity index (χ0n) is 5.33. The SMILES string of the molecule is CC(C)(C)C=C(Cl)Cl. The van der Waals surface area contributed by atoms with Gasteiger partial charge in [0.1, 0.15) is 4.49 Å². The Bertz CT molecular complexity index is 93.6. The Kier molecular flexibility index (Phi) is 2.86. The van der Waals surface area contributed by atoms with E-state index in [4.69, 9.17) is 23.2 Å². The van der Waals surface area contributed by atoms with Crippen LogP contribution in [0, 0.1) is 5.41 Å². The zero-order valence-corrected chi connectivity index (χ0v) is 6.85. The van der Waals surface area contributed by atoms with Crippen LogP contribution in [0.4, 0.5) is 0 Å². The molecule has 0 nitrogen and oxygen atoms in total. The van der Waals surface area contributed by atoms with Crippen molar-refractivity contribution in [3.05, 3.63) is 10.6 Å². The molecule has 0 spiro atoms. The second-order valence-electron chi connectivity index (χ2n) is 2.80. The second kappa shape index (κ2) is 2.75. The molecule has 0 atom stereocenters. The minimum Gasteiger partial charge on any atom is -0.0712 e. The van der Waals surface area contributed by atoms with Gasteiger partial charge in [0.15, 0.2) is 0 Å². The first kappa shape index (κ1) is 8.32. The molecule has 0 saturated heterocycles. The summed E-state index contributed by atoms with van der Waals surface area (Å²) in [6.45, 7) is 6.12. The third-order valence-corrected chi connectivity index (χ3v) is 0.760. The summed E-state index contributed by atoms with van der Waals surface area (Å²) in [5, 5.41) is 0. The number of halogens is 2. The van der Waals surface area contributed by atoms with E-state index in [2.05, 4.69) is 0 Å². The van der Waals surface area contributed by atoms with Gasteiger partial charge in [-0.25, -0.2) is 0 Å². The molecular weight excluding hydrogens is 143 g/mol. The fourth-order valence-corrected chi connectivity index (χ4v) is 0.982. The van der Waals surface area contributed by atoms with Crippen molar-refractivity contribution in [3.8, 4) is 0 Å². The van der Waals surface area contributed by atoms with E-state index in [1.807, 2.05) is 20.8 Å². The lowest BCUT2D eigenvalue weighted by atomic mass is 9.98. The molecule has 8 heavy (non-hydrogen) atoms. The third-order valence-electron chi connectivity index (χ3n) is 0.542. The fraction of sp³-hybridized carbons (Fsp3) is 0.667. The highest BCUT2D eigenvalue weighted by Gasteiger charge is 2.05. The standard InChI is InChI=1S/C6H10Cl2/c1-6(2,3)4-5(7)8/h4H,1-3H3. The third kappa shape index (κ3) is 6.32. The van der Waals surface area contributed by atoms with Crippen LogP contribution < -0.4 is 0 Å². The zero-order chi connectivity index (χ0) is 6.78. The second-order valence-corrected chi connectivity index (χ2v) is 3.81. The molecule has 0 amide bonds. The lowest BCUT2D eigenvalue weighted by Crippen LogP contribution is -1.98. The van der Waals surface area contributed by atoms with E-state index in [0.29, 0.717) is 4.49 Å². The van der Waals surface area contributed by atoms with Gasteiger partial charge in [-0.15, -0.1) is 0 Å². The van der Waals surface area contributed by atoms with Crippen molar-refractivity contribution in [2.24, 2.45) is 5.41 Å². The van der Waals surface area contributed by atoms with Gasteiger partial charge in [0.2, 0.25) is 0 Å². The van der Waals surface area contributed by atoms with E-state index in [0.717, 1.165) is 0 Å². The van der Waals surface area contributed by atoms with E-state index in [-0.39, 0.29) is 5.41 Å². The molecule has 0 aliphatic carbocycles. The predicted molar refractivity (Wildman–Crippen MR) is 39.2 cm³/mol. The van der Waals surface area contributed by atoms with E-state index in [1.165, 1.54) is 0 Å². The van der Waals surface area contributed by atoms with Crippen molar-refractivity contribution in [2.45, 2.75) is 20.8 Å². The minimum atomic E-state index is 0.0961. The summed E-state index contributed by atoms with van der Waals surface area (Å²) in [7, 11) is 0. The summed E-state index contributed by atoms with van der Waals surface area (Å²) >= 11 is 10.8. The van der Waals surface area contributed by atoms with Gasteiger partial charge in [0.25, 0.3) is 0 Å². The smallest absolute Gasteiger partial charge is 0.0712 e. The summed E-state index contributed by atoms with van der Waals surface area (Å²) in [5.41, 5.74) is 0.0961. The summed E-state index contributed by atoms with van der Waals surface area (Å²) in [4.78, 5) is 0. The molecular formula is C6H10Cl2. The maximum absolute atomic E-state index is 5.39. The molecule has 0 aliphatic heterocycles. The summed E-state index contributed by atoms with van der Waals surface area (Å²) in [6, 6.07) is 0. The van der Waals surface area contributed by atoms with Crippen LogP contribution in [0.15, 0.2) is 10.6 Å². The van der Waals surface area contributed by atoms with E-state index in [9.17, 15) is 0 Å². The van der Waals surface area contributed by atoms with Gasteiger partial charge in [0.05, 0.1) is 0 Å². The molecule has 2 heteroatoms. The Balaban J connectivity index is 3.89. The van der Waals surface area contributed by atoms with Gasteiger partial charge in [-0.3, -0.25) is 0 Å². The lowest BCUT2D eigenvalue weighted by molar-refractivity contribution is 0.544. The maximum Gasteiger partial charge on any atom is 0.103 e. The quantitative estimate of drug-likeness (QED) is 0.500. The number of hydrogen-bond acceptors (Lipinski definition) is 0. The average Bonchev–Trinajstić information content (AvgIpc) is 1.21. The highest BCUT2D eigenvalue weighted by Crippen LogP contribution is 2.20. The van der Waals surface area contributed by atoms with E-state index < -0.39 is 0 Å². The van der Waals surface area contributed by atoms with Crippen LogP contribution in [-0.2, 0) is 0 Å². The van der Waals surface area contributed by atoms with Gasteiger partial charge < -0.3 is 0 Å². The van der Waals surface area contributed by atoms with Crippen molar-refractivity contribution < 1.29 is 0 Å². The largest absolute Gasteiger partial charge is 0.103 e. The van der Waals surface area contributed by atoms with Crippen LogP contribution in [-0.4, -0.2) is 0 Å². The molecule has 0 radical (unpaired) electrons. The van der Waals surface area contributed by atoms with Crippen LogP contribution in [0.5, 0.6) is 0 Å². The summed E-state index contributed by atoms with van der Waals surface area (Å²) < 4.78 is 0.345. The molecule has 0 fully saturated rings. The fourth-order valence-electron chi connectivity index (χ4n) is 0.327. The first-order valence-corrected chi connectivity index (χ1v) is 3.21. The van der Waals surface area contributed by atoms with Gasteiger partial charge in [-0.05, 0) is 11.5 Å². The molecule has 48 valence electrons. The van der Waals surface area contributed by atoms with Gasteiger partial charge >= 0.3 is 0 Å². The molecule has 0 aliphatic rings. The molecule has 0 N–H and O–H groups in total. The van der Waals surface area contributed by atoms with Crippen LogP contribution in [0.3, 0.4) is 0 Å². The van der Waals surface area contributed by atoms with Crippen molar-refractivity contribution in [3.63, 3.8) is 0 Å². The Morgan fingerprint density at radius 3 is 1.62 bits per heavy atom. The Hall–Kier alpha value is 0.320. The number of hydrogen-bond donors (Lipinski definition) is 0. The Morgan fingerprint density at radius 1 is 1.25 bits per heavy atom. The van der Waals surface area contributed by atoms with Gasteiger partial charge in [-0.1, -0.05) is 44.0 Å². The van der Waals surface area contributed by atoms with Gasteiger partial charge in [0, 0.05) is 0 Å². The number of rotatable bonds is 0. The summed E-state index contributed by atoms with van der Waals surface area (Å²) in [5.74, 6) is 0. The topological polar surface area (TPSA) is 0 Å². The molecule has 0 rings (SSSR count). The summed E-state index contributed by atoms with van der Waals surface area (Å²) in [6.07, 6.45) is 1.80. The van der Waals surface area contributed by atoms with Crippen LogP contribution in [0.25, 0.3) is 0 Å². The predicted octanol–water partition coefficient (Wildman–Crippen LogP) is 3.35. The van der Waals surface area contributed by atoms with Crippen molar-refractivity contribution in [1.29, 1.82) is 0 Å². The van der Waals surface area contributed by atoms with Gasteiger partial charge in [-0.2, -0.15) is 0 Å². The van der Waals surface area contributed by atoms with Crippen LogP contribution in [0.1, 0.15) is 20.8 Å². The molecule has 0 unspecified atom stereocenters. The first-order valence-electron chi connectivity index (χ1n) is 2.46. The van der Waals surface area contributed by atoms with Crippen LogP contribution in [0.2, 0.25) is 0 Å². The Labute approximate surface area is 60.5 Å². The van der Waals surface area contributed by atoms with Crippen molar-refractivity contribution >= 4 is 23.2 Å².